The highest BCUT2D eigenvalue weighted by Gasteiger charge is 2.31. The van der Waals surface area contributed by atoms with E-state index in [-0.39, 0.29) is 6.04 Å². The fourth-order valence-electron chi connectivity index (χ4n) is 2.42. The fraction of sp³-hybridized carbons (Fsp3) is 0.429. The predicted octanol–water partition coefficient (Wildman–Crippen LogP) is 2.66. The Labute approximate surface area is 124 Å². The summed E-state index contributed by atoms with van der Waals surface area (Å²) in [5, 5.41) is 3.82. The van der Waals surface area contributed by atoms with E-state index in [2.05, 4.69) is 15.0 Å². The third-order valence-electron chi connectivity index (χ3n) is 3.58. The molecule has 0 aliphatic carbocycles. The van der Waals surface area contributed by atoms with Crippen molar-refractivity contribution >= 4 is 0 Å². The first kappa shape index (κ1) is 15.0. The summed E-state index contributed by atoms with van der Waals surface area (Å²) >= 11 is 0. The van der Waals surface area contributed by atoms with Crippen LogP contribution in [0.4, 0.5) is 13.2 Å². The third-order valence-corrected chi connectivity index (χ3v) is 3.58. The first-order chi connectivity index (χ1) is 10.5. The number of ether oxygens (including phenoxy) is 1. The molecule has 2 aromatic rings. The Morgan fingerprint density at radius 3 is 2.64 bits per heavy atom. The van der Waals surface area contributed by atoms with Gasteiger partial charge in [-0.3, -0.25) is 4.90 Å². The second-order valence-electron chi connectivity index (χ2n) is 5.05. The maximum atomic E-state index is 12.6. The molecular weight excluding hydrogens is 299 g/mol. The summed E-state index contributed by atoms with van der Waals surface area (Å²) in [7, 11) is 0. The van der Waals surface area contributed by atoms with Crippen molar-refractivity contribution in [1.82, 2.24) is 15.0 Å². The lowest BCUT2D eigenvalue weighted by molar-refractivity contribution is -0.137. The average Bonchev–Trinajstić information content (AvgIpc) is 3.01. The molecule has 8 heteroatoms. The zero-order chi connectivity index (χ0) is 15.6. The van der Waals surface area contributed by atoms with Gasteiger partial charge in [-0.15, -0.1) is 0 Å². The van der Waals surface area contributed by atoms with Crippen LogP contribution in [0.5, 0.6) is 0 Å². The van der Waals surface area contributed by atoms with E-state index in [1.54, 1.807) is 0 Å². The summed E-state index contributed by atoms with van der Waals surface area (Å²) in [5.74, 6) is 0.520. The van der Waals surface area contributed by atoms with Crippen molar-refractivity contribution in [2.24, 2.45) is 0 Å². The Bertz CT molecular complexity index is 599. The molecule has 0 bridgehead atoms. The number of alkyl halides is 3. The van der Waals surface area contributed by atoms with Gasteiger partial charge < -0.3 is 9.26 Å². The number of nitrogens with zero attached hydrogens (tertiary/aromatic N) is 3. The van der Waals surface area contributed by atoms with Crippen LogP contribution in [0.15, 0.2) is 35.2 Å². The van der Waals surface area contributed by atoms with Crippen LogP contribution in [-0.4, -0.2) is 34.8 Å². The highest BCUT2D eigenvalue weighted by Crippen LogP contribution is 2.30. The van der Waals surface area contributed by atoms with E-state index in [0.717, 1.165) is 17.7 Å². The average molecular weight is 313 g/mol. The van der Waals surface area contributed by atoms with Gasteiger partial charge in [-0.25, -0.2) is 0 Å². The Morgan fingerprint density at radius 1 is 1.23 bits per heavy atom. The molecule has 1 aliphatic rings. The topological polar surface area (TPSA) is 51.4 Å². The van der Waals surface area contributed by atoms with Crippen LogP contribution in [0.1, 0.15) is 23.0 Å². The van der Waals surface area contributed by atoms with E-state index in [9.17, 15) is 13.2 Å². The minimum absolute atomic E-state index is 0.158. The van der Waals surface area contributed by atoms with E-state index in [4.69, 9.17) is 9.26 Å². The lowest BCUT2D eigenvalue weighted by atomic mass is 10.1. The molecule has 1 aromatic carbocycles. The molecule has 0 saturated carbocycles. The molecule has 1 atom stereocenters. The molecule has 1 fully saturated rings. The van der Waals surface area contributed by atoms with Gasteiger partial charge in [0.05, 0.1) is 24.8 Å². The summed E-state index contributed by atoms with van der Waals surface area (Å²) in [6.45, 7) is 2.15. The highest BCUT2D eigenvalue weighted by molar-refractivity contribution is 5.24. The number of benzene rings is 1. The Balaban J connectivity index is 1.73. The van der Waals surface area contributed by atoms with Gasteiger partial charge in [0, 0.05) is 13.1 Å². The van der Waals surface area contributed by atoms with Crippen molar-refractivity contribution in [3.8, 4) is 0 Å². The number of hydrogen-bond acceptors (Lipinski definition) is 5. The van der Waals surface area contributed by atoms with Gasteiger partial charge in [-0.2, -0.15) is 18.2 Å². The number of aromatic nitrogens is 2. The first-order valence-electron chi connectivity index (χ1n) is 6.78. The van der Waals surface area contributed by atoms with Gasteiger partial charge in [0.2, 0.25) is 6.39 Å². The van der Waals surface area contributed by atoms with Crippen LogP contribution in [0.3, 0.4) is 0 Å². The smallest absolute Gasteiger partial charge is 0.378 e. The van der Waals surface area contributed by atoms with Crippen molar-refractivity contribution in [2.45, 2.75) is 18.8 Å². The summed E-state index contributed by atoms with van der Waals surface area (Å²) in [6, 6.07) is 5.02. The first-order valence-corrected chi connectivity index (χ1v) is 6.78. The van der Waals surface area contributed by atoms with E-state index in [1.807, 2.05) is 0 Å². The number of hydrogen-bond donors (Lipinski definition) is 0. The molecule has 1 saturated heterocycles. The second kappa shape index (κ2) is 6.05. The van der Waals surface area contributed by atoms with E-state index < -0.39 is 11.7 Å². The van der Waals surface area contributed by atoms with Gasteiger partial charge >= 0.3 is 6.18 Å². The Hall–Kier alpha value is -1.93. The number of morpholine rings is 1. The molecule has 22 heavy (non-hydrogen) atoms. The van der Waals surface area contributed by atoms with Crippen LogP contribution in [-0.2, 0) is 17.5 Å². The fourth-order valence-corrected chi connectivity index (χ4v) is 2.42. The molecular formula is C14H14F3N3O2. The van der Waals surface area contributed by atoms with Gasteiger partial charge in [-0.05, 0) is 17.7 Å². The predicted molar refractivity (Wildman–Crippen MR) is 69.7 cm³/mol. The minimum atomic E-state index is -4.31. The van der Waals surface area contributed by atoms with Crippen molar-refractivity contribution in [3.05, 3.63) is 47.6 Å². The molecule has 3 rings (SSSR count). The quantitative estimate of drug-likeness (QED) is 0.872. The largest absolute Gasteiger partial charge is 0.416 e. The molecule has 0 radical (unpaired) electrons. The SMILES string of the molecule is FC(F)(F)c1ccc(CN2CCOC[C@@H]2c2ncon2)cc1. The molecule has 1 aliphatic heterocycles. The molecule has 118 valence electrons. The maximum absolute atomic E-state index is 12.6. The lowest BCUT2D eigenvalue weighted by Crippen LogP contribution is -2.39. The summed E-state index contributed by atoms with van der Waals surface area (Å²) in [6.07, 6.45) is -3.06. The lowest BCUT2D eigenvalue weighted by Gasteiger charge is -2.33. The third kappa shape index (κ3) is 3.28. The van der Waals surface area contributed by atoms with Crippen molar-refractivity contribution in [2.75, 3.05) is 19.8 Å². The standard InChI is InChI=1S/C14H14F3N3O2/c15-14(16,17)11-3-1-10(2-4-11)7-20-5-6-21-8-12(20)13-18-9-22-19-13/h1-4,9,12H,5-8H2/t12-/m1/s1. The van der Waals surface area contributed by atoms with Crippen LogP contribution in [0, 0.1) is 0 Å². The molecule has 0 unspecified atom stereocenters. The zero-order valence-corrected chi connectivity index (χ0v) is 11.6. The maximum Gasteiger partial charge on any atom is 0.416 e. The zero-order valence-electron chi connectivity index (χ0n) is 11.6. The van der Waals surface area contributed by atoms with E-state index in [0.29, 0.717) is 32.1 Å². The summed E-state index contributed by atoms with van der Waals surface area (Å²) in [4.78, 5) is 6.10. The summed E-state index contributed by atoms with van der Waals surface area (Å²) < 4.78 is 47.9. The monoisotopic (exact) mass is 313 g/mol. The van der Waals surface area contributed by atoms with Crippen LogP contribution in [0.2, 0.25) is 0 Å². The van der Waals surface area contributed by atoms with Gasteiger partial charge in [-0.1, -0.05) is 17.3 Å². The summed E-state index contributed by atoms with van der Waals surface area (Å²) in [5.41, 5.74) is 0.149. The van der Waals surface area contributed by atoms with Gasteiger partial charge in [0.25, 0.3) is 0 Å². The normalized spacial score (nSPS) is 20.2. The van der Waals surface area contributed by atoms with Crippen molar-refractivity contribution in [3.63, 3.8) is 0 Å². The van der Waals surface area contributed by atoms with Crippen LogP contribution < -0.4 is 0 Å². The van der Waals surface area contributed by atoms with Crippen LogP contribution >= 0.6 is 0 Å². The molecule has 5 nitrogen and oxygen atoms in total. The molecule has 1 aromatic heterocycles. The van der Waals surface area contributed by atoms with Crippen LogP contribution in [0.25, 0.3) is 0 Å². The van der Waals surface area contributed by atoms with Crippen molar-refractivity contribution in [1.29, 1.82) is 0 Å². The minimum Gasteiger partial charge on any atom is -0.378 e. The van der Waals surface area contributed by atoms with Gasteiger partial charge in [0.1, 0.15) is 0 Å². The van der Waals surface area contributed by atoms with Gasteiger partial charge in [0.15, 0.2) is 5.82 Å². The van der Waals surface area contributed by atoms with Crippen molar-refractivity contribution < 1.29 is 22.4 Å². The second-order valence-corrected chi connectivity index (χ2v) is 5.05. The Morgan fingerprint density at radius 2 is 2.00 bits per heavy atom. The van der Waals surface area contributed by atoms with E-state index >= 15 is 0 Å². The number of halogens is 3. The Kier molecular flexibility index (Phi) is 4.12. The molecule has 2 heterocycles. The highest BCUT2D eigenvalue weighted by atomic mass is 19.4. The number of rotatable bonds is 3. The molecule has 0 amide bonds. The molecule has 0 N–H and O–H groups in total. The molecule has 0 spiro atoms. The van der Waals surface area contributed by atoms with E-state index in [1.165, 1.54) is 18.5 Å².